The molecule has 0 saturated heterocycles. The first kappa shape index (κ1) is 37.8. The number of aliphatic hydroxyl groups is 2. The summed E-state index contributed by atoms with van der Waals surface area (Å²) in [6.45, 7) is 9.22. The van der Waals surface area contributed by atoms with Crippen LogP contribution in [-0.2, 0) is 0 Å². The van der Waals surface area contributed by atoms with Gasteiger partial charge in [-0.15, -0.1) is 0 Å². The van der Waals surface area contributed by atoms with E-state index in [9.17, 15) is 10.2 Å². The average Bonchev–Trinajstić information content (AvgIpc) is 2.87. The molecule has 0 amide bonds. The van der Waals surface area contributed by atoms with Gasteiger partial charge in [0.15, 0.2) is 10.1 Å². The van der Waals surface area contributed by atoms with E-state index >= 15 is 0 Å². The molecule has 4 atom stereocenters. The Morgan fingerprint density at radius 2 is 0.658 bits per heavy atom. The number of thiocarbonyl (C=S) groups is 2. The number of rotatable bonds is 29. The van der Waals surface area contributed by atoms with Crippen LogP contribution in [0.25, 0.3) is 0 Å². The minimum atomic E-state index is 0.186. The van der Waals surface area contributed by atoms with Crippen molar-refractivity contribution in [1.29, 1.82) is 0 Å². The number of unbranched alkanes of at least 4 members (excludes halogenated alkanes) is 5. The Balaban J connectivity index is 4.42. The van der Waals surface area contributed by atoms with E-state index < -0.39 is 0 Å². The molecule has 0 rings (SSSR count). The second-order valence-electron chi connectivity index (χ2n) is 12.4. The quantitative estimate of drug-likeness (QED) is 0.0693. The lowest BCUT2D eigenvalue weighted by atomic mass is 9.87. The van der Waals surface area contributed by atoms with Gasteiger partial charge in [-0.05, 0) is 73.8 Å². The van der Waals surface area contributed by atoms with E-state index in [1.54, 1.807) is 0 Å². The maximum absolute atomic E-state index is 9.81. The molecule has 0 heterocycles. The van der Waals surface area contributed by atoms with Crippen LogP contribution in [0, 0.1) is 23.7 Å². The van der Waals surface area contributed by atoms with Crippen molar-refractivity contribution in [3.8, 4) is 0 Å². The summed E-state index contributed by atoms with van der Waals surface area (Å²) in [6, 6.07) is 0. The Hall–Kier alpha value is -0.220. The predicted molar refractivity (Wildman–Crippen MR) is 178 cm³/mol. The maximum Gasteiger partial charge on any atom is 0.156 e. The molecule has 0 aliphatic heterocycles. The molecule has 4 heteroatoms. The van der Waals surface area contributed by atoms with Crippen molar-refractivity contribution in [2.24, 2.45) is 23.7 Å². The molecule has 0 aliphatic rings. The molecule has 0 saturated carbocycles. The minimum Gasteiger partial charge on any atom is -0.502 e. The van der Waals surface area contributed by atoms with Gasteiger partial charge in [-0.3, -0.25) is 0 Å². The summed E-state index contributed by atoms with van der Waals surface area (Å²) >= 11 is 10.1. The smallest absolute Gasteiger partial charge is 0.156 e. The molecular weight excluding hydrogens is 505 g/mol. The van der Waals surface area contributed by atoms with Crippen LogP contribution in [0.1, 0.15) is 182 Å². The van der Waals surface area contributed by atoms with Crippen molar-refractivity contribution >= 4 is 34.5 Å². The summed E-state index contributed by atoms with van der Waals surface area (Å²) in [5, 5.41) is 20.0. The third-order valence-electron chi connectivity index (χ3n) is 8.68. The second-order valence-corrected chi connectivity index (χ2v) is 13.3. The van der Waals surface area contributed by atoms with Crippen molar-refractivity contribution in [3.05, 3.63) is 0 Å². The fourth-order valence-corrected chi connectivity index (χ4v) is 6.93. The van der Waals surface area contributed by atoms with Crippen LogP contribution >= 0.6 is 24.4 Å². The maximum atomic E-state index is 9.81. The fourth-order valence-electron chi connectivity index (χ4n) is 6.46. The molecular formula is C34H66O2S2. The average molecular weight is 571 g/mol. The van der Waals surface area contributed by atoms with Gasteiger partial charge in [-0.1, -0.05) is 143 Å². The summed E-state index contributed by atoms with van der Waals surface area (Å²) in [5.74, 6) is 2.84. The van der Waals surface area contributed by atoms with Crippen LogP contribution in [0.3, 0.4) is 0 Å². The molecule has 4 unspecified atom stereocenters. The van der Waals surface area contributed by atoms with E-state index in [0.29, 0.717) is 24.7 Å². The molecule has 226 valence electrons. The van der Waals surface area contributed by atoms with Gasteiger partial charge in [0, 0.05) is 12.8 Å². The molecule has 0 bridgehead atoms. The largest absolute Gasteiger partial charge is 0.502 e. The Bertz CT molecular complexity index is 503. The van der Waals surface area contributed by atoms with E-state index in [2.05, 4.69) is 27.7 Å². The molecule has 0 aromatic carbocycles. The molecule has 0 aromatic heterocycles. The zero-order valence-corrected chi connectivity index (χ0v) is 27.6. The van der Waals surface area contributed by atoms with E-state index in [-0.39, 0.29) is 10.1 Å². The molecule has 2 N–H and O–H groups in total. The standard InChI is InChI=1S/C34H66O2S2/c1-5-9-19-29(17-7-3)21-11-13-23-31(27-33(35)37)25-15-16-26-32(28-34(36)38)24-14-12-22-30(18-8-4)20-10-6-2/h29-32H,5-28H2,1-4H3,(H,35,37)(H,36,38). The van der Waals surface area contributed by atoms with Crippen LogP contribution in [-0.4, -0.2) is 20.3 Å². The highest BCUT2D eigenvalue weighted by Gasteiger charge is 2.15. The third kappa shape index (κ3) is 23.6. The van der Waals surface area contributed by atoms with Crippen LogP contribution in [0.15, 0.2) is 0 Å². The highest BCUT2D eigenvalue weighted by molar-refractivity contribution is 7.80. The van der Waals surface area contributed by atoms with Gasteiger partial charge in [-0.2, -0.15) is 0 Å². The van der Waals surface area contributed by atoms with Crippen LogP contribution in [0.2, 0.25) is 0 Å². The lowest BCUT2D eigenvalue weighted by Gasteiger charge is -2.20. The molecule has 0 fully saturated rings. The van der Waals surface area contributed by atoms with Gasteiger partial charge in [0.1, 0.15) is 0 Å². The van der Waals surface area contributed by atoms with E-state index in [0.717, 1.165) is 24.7 Å². The van der Waals surface area contributed by atoms with Crippen LogP contribution in [0.4, 0.5) is 0 Å². The topological polar surface area (TPSA) is 40.5 Å². The number of hydrogen-bond donors (Lipinski definition) is 2. The number of aliphatic hydroxyl groups excluding tert-OH is 2. The second kappa shape index (κ2) is 27.0. The monoisotopic (exact) mass is 570 g/mol. The van der Waals surface area contributed by atoms with Crippen molar-refractivity contribution in [2.75, 3.05) is 0 Å². The zero-order valence-electron chi connectivity index (χ0n) is 26.0. The van der Waals surface area contributed by atoms with Crippen molar-refractivity contribution < 1.29 is 10.2 Å². The summed E-state index contributed by atoms with van der Waals surface area (Å²) in [5.41, 5.74) is 0. The first-order chi connectivity index (χ1) is 18.4. The highest BCUT2D eigenvalue weighted by atomic mass is 32.1. The van der Waals surface area contributed by atoms with Gasteiger partial charge in [0.25, 0.3) is 0 Å². The Kier molecular flexibility index (Phi) is 26.8. The molecule has 38 heavy (non-hydrogen) atoms. The van der Waals surface area contributed by atoms with Crippen molar-refractivity contribution in [3.63, 3.8) is 0 Å². The summed E-state index contributed by atoms with van der Waals surface area (Å²) in [6.07, 6.45) is 29.8. The third-order valence-corrected chi connectivity index (χ3v) is 9.01. The Labute approximate surface area is 249 Å². The normalized spacial score (nSPS) is 14.7. The first-order valence-electron chi connectivity index (χ1n) is 16.8. The van der Waals surface area contributed by atoms with Crippen LogP contribution < -0.4 is 0 Å². The minimum absolute atomic E-state index is 0.186. The molecule has 0 aromatic rings. The zero-order chi connectivity index (χ0) is 28.4. The van der Waals surface area contributed by atoms with E-state index in [1.165, 1.54) is 128 Å². The lowest BCUT2D eigenvalue weighted by Crippen LogP contribution is -2.09. The van der Waals surface area contributed by atoms with E-state index in [4.69, 9.17) is 24.4 Å². The Morgan fingerprint density at radius 3 is 0.895 bits per heavy atom. The fraction of sp³-hybridized carbons (Fsp3) is 0.941. The highest BCUT2D eigenvalue weighted by Crippen LogP contribution is 2.28. The molecule has 0 radical (unpaired) electrons. The van der Waals surface area contributed by atoms with E-state index in [1.807, 2.05) is 0 Å². The van der Waals surface area contributed by atoms with Gasteiger partial charge in [0.05, 0.1) is 0 Å². The Morgan fingerprint density at radius 1 is 0.395 bits per heavy atom. The van der Waals surface area contributed by atoms with Crippen molar-refractivity contribution in [2.45, 2.75) is 182 Å². The first-order valence-corrected chi connectivity index (χ1v) is 17.6. The molecule has 0 spiro atoms. The van der Waals surface area contributed by atoms with Gasteiger partial charge < -0.3 is 10.2 Å². The number of hydrogen-bond acceptors (Lipinski definition) is 2. The summed E-state index contributed by atoms with van der Waals surface area (Å²) in [7, 11) is 0. The summed E-state index contributed by atoms with van der Waals surface area (Å²) < 4.78 is 0. The van der Waals surface area contributed by atoms with Crippen molar-refractivity contribution in [1.82, 2.24) is 0 Å². The lowest BCUT2D eigenvalue weighted by molar-refractivity contribution is 0.345. The summed E-state index contributed by atoms with van der Waals surface area (Å²) in [4.78, 5) is 0. The molecule has 0 aliphatic carbocycles. The van der Waals surface area contributed by atoms with Gasteiger partial charge in [-0.25, -0.2) is 0 Å². The SMILES string of the molecule is CCCCC(CCC)CCCCC(CCCCC(CCCCC(CCC)CCCC)CC(O)=S)CC(O)=S. The van der Waals surface area contributed by atoms with Crippen LogP contribution in [0.5, 0.6) is 0 Å². The van der Waals surface area contributed by atoms with Gasteiger partial charge >= 0.3 is 0 Å². The molecule has 2 nitrogen and oxygen atoms in total. The predicted octanol–water partition coefficient (Wildman–Crippen LogP) is 12.7. The van der Waals surface area contributed by atoms with Gasteiger partial charge in [0.2, 0.25) is 0 Å².